The van der Waals surface area contributed by atoms with Crippen LogP contribution in [0, 0.1) is 11.3 Å². The molecule has 0 aliphatic carbocycles. The Morgan fingerprint density at radius 2 is 1.82 bits per heavy atom. The topological polar surface area (TPSA) is 84.2 Å². The van der Waals surface area contributed by atoms with Gasteiger partial charge in [-0.1, -0.05) is 13.8 Å². The molecule has 0 saturated heterocycles. The first-order chi connectivity index (χ1) is 7.70. The monoisotopic (exact) mass is 243 g/mol. The summed E-state index contributed by atoms with van der Waals surface area (Å²) in [4.78, 5) is 23.1. The summed E-state index contributed by atoms with van der Waals surface area (Å²) in [5, 5.41) is 5.32. The van der Waals surface area contributed by atoms with E-state index in [4.69, 9.17) is 5.73 Å². The third-order valence-electron chi connectivity index (χ3n) is 2.85. The van der Waals surface area contributed by atoms with Gasteiger partial charge < -0.3 is 16.4 Å². The fraction of sp³-hybridized carbons (Fsp3) is 0.833. The van der Waals surface area contributed by atoms with E-state index in [-0.39, 0.29) is 23.8 Å². The van der Waals surface area contributed by atoms with Crippen LogP contribution in [0.15, 0.2) is 0 Å². The van der Waals surface area contributed by atoms with Crippen LogP contribution < -0.4 is 16.4 Å². The van der Waals surface area contributed by atoms with E-state index in [1.165, 1.54) is 0 Å². The van der Waals surface area contributed by atoms with Gasteiger partial charge in [0.1, 0.15) is 0 Å². The largest absolute Gasteiger partial charge is 0.359 e. The van der Waals surface area contributed by atoms with Crippen molar-refractivity contribution in [3.05, 3.63) is 0 Å². The van der Waals surface area contributed by atoms with Crippen LogP contribution in [-0.2, 0) is 9.59 Å². The minimum atomic E-state index is -0.605. The minimum absolute atomic E-state index is 0.0917. The van der Waals surface area contributed by atoms with Crippen LogP contribution in [-0.4, -0.2) is 31.4 Å². The van der Waals surface area contributed by atoms with Gasteiger partial charge in [-0.15, -0.1) is 0 Å². The quantitative estimate of drug-likeness (QED) is 0.625. The molecule has 0 heterocycles. The number of nitrogens with one attached hydrogen (secondary N) is 2. The smallest absolute Gasteiger partial charge is 0.227 e. The maximum Gasteiger partial charge on any atom is 0.227 e. The summed E-state index contributed by atoms with van der Waals surface area (Å²) in [6.07, 6.45) is 0.293. The number of amides is 2. The van der Waals surface area contributed by atoms with E-state index < -0.39 is 5.41 Å². The average molecular weight is 243 g/mol. The van der Waals surface area contributed by atoms with Crippen molar-refractivity contribution >= 4 is 11.8 Å². The molecule has 5 nitrogen and oxygen atoms in total. The molecule has 0 rings (SSSR count). The molecule has 4 N–H and O–H groups in total. The molecule has 0 aromatic rings. The maximum atomic E-state index is 11.6. The van der Waals surface area contributed by atoms with Crippen LogP contribution in [0.3, 0.4) is 0 Å². The molecule has 0 saturated carbocycles. The van der Waals surface area contributed by atoms with Crippen LogP contribution in [0.25, 0.3) is 0 Å². The Hall–Kier alpha value is -1.10. The highest BCUT2D eigenvalue weighted by Crippen LogP contribution is 2.13. The lowest BCUT2D eigenvalue weighted by Gasteiger charge is -2.23. The van der Waals surface area contributed by atoms with E-state index in [0.717, 1.165) is 0 Å². The molecule has 0 spiro atoms. The van der Waals surface area contributed by atoms with Crippen LogP contribution in [0.4, 0.5) is 0 Å². The van der Waals surface area contributed by atoms with Gasteiger partial charge in [-0.05, 0) is 19.8 Å². The minimum Gasteiger partial charge on any atom is -0.359 e. The van der Waals surface area contributed by atoms with Crippen molar-refractivity contribution in [2.24, 2.45) is 17.1 Å². The summed E-state index contributed by atoms with van der Waals surface area (Å²) in [6.45, 7) is 7.85. The van der Waals surface area contributed by atoms with Crippen molar-refractivity contribution in [3.63, 3.8) is 0 Å². The molecule has 17 heavy (non-hydrogen) atoms. The van der Waals surface area contributed by atoms with Gasteiger partial charge in [-0.2, -0.15) is 0 Å². The predicted octanol–water partition coefficient (Wildman–Crippen LogP) is 0.248. The van der Waals surface area contributed by atoms with E-state index >= 15 is 0 Å². The summed E-state index contributed by atoms with van der Waals surface area (Å²) in [6, 6.07) is -0.141. The fourth-order valence-corrected chi connectivity index (χ4v) is 1.26. The molecule has 0 aromatic heterocycles. The average Bonchev–Trinajstić information content (AvgIpc) is 2.25. The molecule has 0 bridgehead atoms. The number of carbonyl (C=O) groups is 2. The molecular weight excluding hydrogens is 218 g/mol. The third-order valence-corrected chi connectivity index (χ3v) is 2.85. The Bertz CT molecular complexity index is 275. The van der Waals surface area contributed by atoms with Gasteiger partial charge in [0.25, 0.3) is 0 Å². The van der Waals surface area contributed by atoms with E-state index in [9.17, 15) is 9.59 Å². The molecule has 1 unspecified atom stereocenters. The van der Waals surface area contributed by atoms with Crippen molar-refractivity contribution in [1.82, 2.24) is 10.6 Å². The lowest BCUT2D eigenvalue weighted by atomic mass is 9.92. The zero-order chi connectivity index (χ0) is 13.6. The van der Waals surface area contributed by atoms with Gasteiger partial charge in [0, 0.05) is 26.1 Å². The predicted molar refractivity (Wildman–Crippen MR) is 68.3 cm³/mol. The summed E-state index contributed by atoms with van der Waals surface area (Å²) in [7, 11) is 1.58. The van der Waals surface area contributed by atoms with E-state index in [0.29, 0.717) is 13.0 Å². The van der Waals surface area contributed by atoms with Crippen molar-refractivity contribution in [2.45, 2.75) is 40.2 Å². The molecule has 1 atom stereocenters. The molecule has 100 valence electrons. The maximum absolute atomic E-state index is 11.6. The Morgan fingerprint density at radius 3 is 2.24 bits per heavy atom. The third kappa shape index (κ3) is 5.68. The van der Waals surface area contributed by atoms with Gasteiger partial charge in [0.05, 0.1) is 5.41 Å². The SMILES string of the molecule is CNC(=O)C(C)(C)CNC(=O)CC(N)C(C)C. The van der Waals surface area contributed by atoms with E-state index in [1.807, 2.05) is 13.8 Å². The van der Waals surface area contributed by atoms with Crippen LogP contribution in [0.5, 0.6) is 0 Å². The van der Waals surface area contributed by atoms with Gasteiger partial charge >= 0.3 is 0 Å². The second kappa shape index (κ2) is 6.59. The van der Waals surface area contributed by atoms with Gasteiger partial charge in [-0.25, -0.2) is 0 Å². The van der Waals surface area contributed by atoms with E-state index in [2.05, 4.69) is 10.6 Å². The standard InChI is InChI=1S/C12H25N3O2/c1-8(2)9(13)6-10(16)15-7-12(3,4)11(17)14-5/h8-9H,6-7,13H2,1-5H3,(H,14,17)(H,15,16). The summed E-state index contributed by atoms with van der Waals surface area (Å²) < 4.78 is 0. The molecule has 0 aliphatic rings. The van der Waals surface area contributed by atoms with Crippen LogP contribution in [0.1, 0.15) is 34.1 Å². The second-order valence-electron chi connectivity index (χ2n) is 5.35. The van der Waals surface area contributed by atoms with Crippen molar-refractivity contribution in [2.75, 3.05) is 13.6 Å². The first kappa shape index (κ1) is 15.9. The van der Waals surface area contributed by atoms with Gasteiger partial charge in [0.15, 0.2) is 0 Å². The van der Waals surface area contributed by atoms with Gasteiger partial charge in [-0.3, -0.25) is 9.59 Å². The Kier molecular flexibility index (Phi) is 6.16. The van der Waals surface area contributed by atoms with E-state index in [1.54, 1.807) is 20.9 Å². The zero-order valence-corrected chi connectivity index (χ0v) is 11.5. The first-order valence-corrected chi connectivity index (χ1v) is 5.95. The molecule has 0 fully saturated rings. The summed E-state index contributed by atoms with van der Waals surface area (Å²) in [5.74, 6) is 0.0711. The zero-order valence-electron chi connectivity index (χ0n) is 11.5. The highest BCUT2D eigenvalue weighted by atomic mass is 16.2. The Morgan fingerprint density at radius 1 is 1.29 bits per heavy atom. The Labute approximate surface area is 104 Å². The van der Waals surface area contributed by atoms with Crippen molar-refractivity contribution < 1.29 is 9.59 Å². The molecule has 5 heteroatoms. The normalized spacial score (nSPS) is 13.4. The van der Waals surface area contributed by atoms with Crippen molar-refractivity contribution in [1.29, 1.82) is 0 Å². The first-order valence-electron chi connectivity index (χ1n) is 5.95. The number of carbonyl (C=O) groups excluding carboxylic acids is 2. The molecule has 2 amide bonds. The number of nitrogens with two attached hydrogens (primary N) is 1. The molecular formula is C12H25N3O2. The number of hydrogen-bond acceptors (Lipinski definition) is 3. The lowest BCUT2D eigenvalue weighted by Crippen LogP contribution is -2.45. The fourth-order valence-electron chi connectivity index (χ4n) is 1.26. The Balaban J connectivity index is 4.12. The highest BCUT2D eigenvalue weighted by molar-refractivity contribution is 5.83. The summed E-state index contributed by atoms with van der Waals surface area (Å²) in [5.41, 5.74) is 5.20. The molecule has 0 aromatic carbocycles. The highest BCUT2D eigenvalue weighted by Gasteiger charge is 2.27. The van der Waals surface area contributed by atoms with Crippen molar-refractivity contribution in [3.8, 4) is 0 Å². The second-order valence-corrected chi connectivity index (χ2v) is 5.35. The lowest BCUT2D eigenvalue weighted by molar-refractivity contribution is -0.129. The van der Waals surface area contributed by atoms with Crippen LogP contribution >= 0.6 is 0 Å². The number of hydrogen-bond donors (Lipinski definition) is 3. The van der Waals surface area contributed by atoms with Crippen LogP contribution in [0.2, 0.25) is 0 Å². The summed E-state index contributed by atoms with van der Waals surface area (Å²) >= 11 is 0. The van der Waals surface area contributed by atoms with Gasteiger partial charge in [0.2, 0.25) is 11.8 Å². The number of rotatable bonds is 6. The molecule has 0 aliphatic heterocycles. The molecule has 0 radical (unpaired) electrons.